The fraction of sp³-hybridized carbons (Fsp3) is 0.692. The van der Waals surface area contributed by atoms with Crippen LogP contribution >= 0.6 is 24.8 Å². The first-order valence-electron chi connectivity index (χ1n) is 5.28. The Kier molecular flexibility index (Phi) is 7.28. The Labute approximate surface area is 125 Å². The maximum Gasteiger partial charge on any atom is -0.147 e. The molecule has 1 rings (SSSR count). The number of rotatable bonds is 0. The van der Waals surface area contributed by atoms with E-state index in [1.165, 1.54) is 5.57 Å². The van der Waals surface area contributed by atoms with Crippen LogP contribution in [0.4, 0.5) is 0 Å². The van der Waals surface area contributed by atoms with Crippen LogP contribution in [0, 0.1) is 16.7 Å². The molecule has 0 fully saturated rings. The minimum absolute atomic E-state index is 0. The molecule has 0 N–H and O–H groups in total. The molecule has 0 spiro atoms. The van der Waals surface area contributed by atoms with Gasteiger partial charge in [0.2, 0.25) is 0 Å². The van der Waals surface area contributed by atoms with Gasteiger partial charge in [0.25, 0.3) is 0 Å². The van der Waals surface area contributed by atoms with Crippen molar-refractivity contribution in [3.8, 4) is 0 Å². The molecule has 3 heteroatoms. The standard InChI is InChI=1S/C13H21.2ClH.Ti/c1-12(2,3)10-7-8-11(9-10)13(4,5)6;;;/h7-8,10H,1-6H3;2*1H;. The smallest absolute Gasteiger partial charge is 0.147 e. The predicted molar refractivity (Wildman–Crippen MR) is 73.1 cm³/mol. The van der Waals surface area contributed by atoms with Crippen LogP contribution in [0.25, 0.3) is 0 Å². The van der Waals surface area contributed by atoms with Gasteiger partial charge in [0.15, 0.2) is 0 Å². The molecule has 0 nitrogen and oxygen atoms in total. The van der Waals surface area contributed by atoms with Gasteiger partial charge in [-0.15, -0.1) is 24.8 Å². The summed E-state index contributed by atoms with van der Waals surface area (Å²) in [6, 6.07) is 0. The largest absolute Gasteiger partial charge is 0.147 e. The second-order valence-corrected chi connectivity index (χ2v) is 7.12. The van der Waals surface area contributed by atoms with Crippen LogP contribution in [-0.4, -0.2) is 0 Å². The maximum absolute atomic E-state index is 2.37. The molecule has 0 aromatic rings. The first-order chi connectivity index (χ1) is 6.14. The average molecular weight is 298 g/mol. The minimum Gasteiger partial charge on any atom is -0.147 e. The molecule has 1 unspecified atom stereocenters. The van der Waals surface area contributed by atoms with Gasteiger partial charge < -0.3 is 0 Å². The summed E-state index contributed by atoms with van der Waals surface area (Å²) in [5.41, 5.74) is 2.17. The van der Waals surface area contributed by atoms with E-state index in [1.54, 1.807) is 3.88 Å². The summed E-state index contributed by atoms with van der Waals surface area (Å²) in [7, 11) is 0. The SMILES string of the molecule is CC(C)(C)C1=[C]([Ti])C(C(C)(C)C)C=C1.Cl.Cl. The monoisotopic (exact) mass is 297 g/mol. The number of allylic oxidation sites excluding steroid dienone is 4. The maximum atomic E-state index is 2.37. The third kappa shape index (κ3) is 4.22. The van der Waals surface area contributed by atoms with E-state index in [0.717, 1.165) is 0 Å². The summed E-state index contributed by atoms with van der Waals surface area (Å²) < 4.78 is 1.56. The quantitative estimate of drug-likeness (QED) is 0.557. The molecule has 0 bridgehead atoms. The molecule has 16 heavy (non-hydrogen) atoms. The third-order valence-electron chi connectivity index (χ3n) is 2.80. The normalized spacial score (nSPS) is 20.4. The van der Waals surface area contributed by atoms with Crippen molar-refractivity contribution in [2.45, 2.75) is 41.5 Å². The van der Waals surface area contributed by atoms with Gasteiger partial charge in [0, 0.05) is 0 Å². The molecule has 0 aliphatic heterocycles. The van der Waals surface area contributed by atoms with Crippen LogP contribution < -0.4 is 0 Å². The van der Waals surface area contributed by atoms with Crippen LogP contribution in [0.2, 0.25) is 0 Å². The fourth-order valence-electron chi connectivity index (χ4n) is 1.92. The summed E-state index contributed by atoms with van der Waals surface area (Å²) in [6.45, 7) is 13.8. The Balaban J connectivity index is 0. The summed E-state index contributed by atoms with van der Waals surface area (Å²) in [5, 5.41) is 0. The zero-order chi connectivity index (χ0) is 11.1. The molecule has 0 radical (unpaired) electrons. The van der Waals surface area contributed by atoms with Gasteiger partial charge >= 0.3 is 100 Å². The molecule has 0 saturated carbocycles. The molecular formula is C13H23Cl2Ti. The third-order valence-corrected chi connectivity index (χ3v) is 3.70. The Bertz CT molecular complexity index is 290. The van der Waals surface area contributed by atoms with Crippen molar-refractivity contribution >= 4 is 24.8 Å². The van der Waals surface area contributed by atoms with Crippen LogP contribution in [0.1, 0.15) is 41.5 Å². The van der Waals surface area contributed by atoms with Gasteiger partial charge in [-0.25, -0.2) is 0 Å². The van der Waals surface area contributed by atoms with Crippen molar-refractivity contribution in [3.05, 3.63) is 21.6 Å². The molecule has 0 amide bonds. The van der Waals surface area contributed by atoms with Crippen LogP contribution in [0.5, 0.6) is 0 Å². The molecule has 93 valence electrons. The molecule has 0 heterocycles. The molecule has 1 atom stereocenters. The Morgan fingerprint density at radius 1 is 1.00 bits per heavy atom. The van der Waals surface area contributed by atoms with Crippen LogP contribution in [0.15, 0.2) is 21.6 Å². The molecule has 0 aromatic heterocycles. The van der Waals surface area contributed by atoms with Gasteiger partial charge in [0.1, 0.15) is 0 Å². The Morgan fingerprint density at radius 2 is 1.44 bits per heavy atom. The van der Waals surface area contributed by atoms with Crippen molar-refractivity contribution in [1.82, 2.24) is 0 Å². The average Bonchev–Trinajstić information content (AvgIpc) is 2.26. The summed E-state index contributed by atoms with van der Waals surface area (Å²) in [5.74, 6) is 0.622. The van der Waals surface area contributed by atoms with E-state index >= 15 is 0 Å². The topological polar surface area (TPSA) is 0 Å². The van der Waals surface area contributed by atoms with Crippen molar-refractivity contribution < 1.29 is 20.4 Å². The van der Waals surface area contributed by atoms with Gasteiger partial charge in [-0.3, -0.25) is 0 Å². The van der Waals surface area contributed by atoms with Crippen molar-refractivity contribution in [3.63, 3.8) is 0 Å². The minimum atomic E-state index is 0. The van der Waals surface area contributed by atoms with Crippen molar-refractivity contribution in [2.75, 3.05) is 0 Å². The summed E-state index contributed by atoms with van der Waals surface area (Å²) in [6.07, 6.45) is 4.70. The van der Waals surface area contributed by atoms with E-state index in [2.05, 4.69) is 74.1 Å². The molecule has 1 aliphatic carbocycles. The van der Waals surface area contributed by atoms with Gasteiger partial charge in [0.05, 0.1) is 0 Å². The summed E-state index contributed by atoms with van der Waals surface area (Å²) in [4.78, 5) is 0. The predicted octanol–water partition coefficient (Wildman–Crippen LogP) is 4.91. The van der Waals surface area contributed by atoms with E-state index in [0.29, 0.717) is 16.7 Å². The molecule has 0 aromatic carbocycles. The van der Waals surface area contributed by atoms with E-state index in [4.69, 9.17) is 0 Å². The van der Waals surface area contributed by atoms with E-state index in [9.17, 15) is 0 Å². The zero-order valence-electron chi connectivity index (χ0n) is 11.0. The first-order valence-corrected chi connectivity index (χ1v) is 6.06. The van der Waals surface area contributed by atoms with Gasteiger partial charge in [-0.1, -0.05) is 0 Å². The van der Waals surface area contributed by atoms with Crippen molar-refractivity contribution in [2.24, 2.45) is 16.7 Å². The van der Waals surface area contributed by atoms with Crippen LogP contribution in [-0.2, 0) is 20.4 Å². The first kappa shape index (κ1) is 19.1. The fourth-order valence-corrected chi connectivity index (χ4v) is 3.46. The second-order valence-electron chi connectivity index (χ2n) is 6.28. The van der Waals surface area contributed by atoms with Crippen LogP contribution in [0.3, 0.4) is 0 Å². The molecule has 1 aliphatic rings. The van der Waals surface area contributed by atoms with Gasteiger partial charge in [-0.2, -0.15) is 0 Å². The zero-order valence-corrected chi connectivity index (χ0v) is 14.2. The number of halogens is 2. The molecular weight excluding hydrogens is 275 g/mol. The Hall–Kier alpha value is 0.774. The van der Waals surface area contributed by atoms with Crippen molar-refractivity contribution in [1.29, 1.82) is 0 Å². The number of hydrogen-bond acceptors (Lipinski definition) is 0. The Morgan fingerprint density at radius 3 is 1.62 bits per heavy atom. The second kappa shape index (κ2) is 6.09. The van der Waals surface area contributed by atoms with E-state index in [1.807, 2.05) is 0 Å². The van der Waals surface area contributed by atoms with E-state index < -0.39 is 0 Å². The van der Waals surface area contributed by atoms with E-state index in [-0.39, 0.29) is 24.8 Å². The molecule has 0 saturated heterocycles. The van der Waals surface area contributed by atoms with Gasteiger partial charge in [-0.05, 0) is 0 Å². The number of hydrogen-bond donors (Lipinski definition) is 0. The summed E-state index contributed by atoms with van der Waals surface area (Å²) >= 11 is 2.29.